The molecule has 0 amide bonds. The van der Waals surface area contributed by atoms with Crippen molar-refractivity contribution in [2.45, 2.75) is 91.1 Å². The highest BCUT2D eigenvalue weighted by Gasteiger charge is 2.27. The Morgan fingerprint density at radius 1 is 1.23 bits per heavy atom. The van der Waals surface area contributed by atoms with E-state index in [1.54, 1.807) is 19.9 Å². The summed E-state index contributed by atoms with van der Waals surface area (Å²) in [4.78, 5) is 14.0. The van der Waals surface area contributed by atoms with E-state index in [1.807, 2.05) is 63.3 Å². The first-order valence-electron chi connectivity index (χ1n) is 14.6. The van der Waals surface area contributed by atoms with Gasteiger partial charge in [-0.25, -0.2) is 4.39 Å². The number of nitrogens with zero attached hydrogens (tertiary/aromatic N) is 1. The molecule has 0 aliphatic carbocycles. The van der Waals surface area contributed by atoms with Gasteiger partial charge in [0.2, 0.25) is 0 Å². The van der Waals surface area contributed by atoms with Crippen molar-refractivity contribution in [1.82, 2.24) is 4.90 Å². The zero-order valence-corrected chi connectivity index (χ0v) is 24.7. The summed E-state index contributed by atoms with van der Waals surface area (Å²) in [5.41, 5.74) is 3.52. The normalized spacial score (nSPS) is 17.4. The van der Waals surface area contributed by atoms with Crippen LogP contribution < -0.4 is 4.74 Å². The Hall–Kier alpha value is -2.74. The molecule has 1 fully saturated rings. The Kier molecular flexibility index (Phi) is 12.6. The number of likely N-dealkylation sites (tertiary alicyclic amines) is 1. The van der Waals surface area contributed by atoms with Crippen LogP contribution in [-0.4, -0.2) is 60.5 Å². The standard InChI is InChI=1S/C33H46FNO5/c1-6-38-33(37)15-8-7-12-30-29(13-9-14-32(30)40-23(2)3)25(5)39-22-28(36)21-35-18-10-11-27(35)19-26-17-16-24(4)31(34)20-26/h7,9,12-14,16-17,20,23,25,27-28,36H,6,8,10-11,15,18-19,21-22H2,1-5H3/b12-7+/t25-,27+,28-/m1/s1. The smallest absolute Gasteiger partial charge is 0.306 e. The molecule has 2 aromatic carbocycles. The molecule has 1 aliphatic rings. The number of hydrogen-bond donors (Lipinski definition) is 1. The van der Waals surface area contributed by atoms with Crippen LogP contribution >= 0.6 is 0 Å². The van der Waals surface area contributed by atoms with Crippen molar-refractivity contribution in [2.75, 3.05) is 26.3 Å². The number of aliphatic hydroxyl groups excluding tert-OH is 1. The van der Waals surface area contributed by atoms with Crippen LogP contribution in [0, 0.1) is 12.7 Å². The first kappa shape index (κ1) is 31.8. The Morgan fingerprint density at radius 2 is 2.02 bits per heavy atom. The summed E-state index contributed by atoms with van der Waals surface area (Å²) in [7, 11) is 0. The highest BCUT2D eigenvalue weighted by atomic mass is 19.1. The number of β-amino-alcohol motifs (C(OH)–C–C–N with tert-alkyl or cyclic N) is 1. The molecule has 0 spiro atoms. The third kappa shape index (κ3) is 9.72. The Bertz CT molecular complexity index is 1120. The Labute approximate surface area is 239 Å². The van der Waals surface area contributed by atoms with E-state index in [4.69, 9.17) is 14.2 Å². The number of carbonyl (C=O) groups excluding carboxylic acids is 1. The number of benzene rings is 2. The summed E-state index contributed by atoms with van der Waals surface area (Å²) in [5.74, 6) is 0.375. The van der Waals surface area contributed by atoms with Gasteiger partial charge in [0.25, 0.3) is 0 Å². The van der Waals surface area contributed by atoms with Crippen LogP contribution in [-0.2, 0) is 20.7 Å². The monoisotopic (exact) mass is 555 g/mol. The van der Waals surface area contributed by atoms with Crippen molar-refractivity contribution < 1.29 is 28.5 Å². The molecule has 0 unspecified atom stereocenters. The first-order valence-corrected chi connectivity index (χ1v) is 14.6. The first-order chi connectivity index (χ1) is 19.2. The van der Waals surface area contributed by atoms with Gasteiger partial charge >= 0.3 is 5.97 Å². The zero-order chi connectivity index (χ0) is 29.1. The SMILES string of the molecule is CCOC(=O)CC/C=C/c1c(OC(C)C)cccc1[C@@H](C)OC[C@H](O)CN1CCC[C@H]1Cc1ccc(C)c(F)c1. The quantitative estimate of drug-likeness (QED) is 0.256. The molecule has 3 rings (SSSR count). The molecular formula is C33H46FNO5. The van der Waals surface area contributed by atoms with Gasteiger partial charge in [0.05, 0.1) is 31.5 Å². The van der Waals surface area contributed by atoms with Crippen LogP contribution in [0.3, 0.4) is 0 Å². The van der Waals surface area contributed by atoms with Gasteiger partial charge in [0, 0.05) is 24.6 Å². The highest BCUT2D eigenvalue weighted by Crippen LogP contribution is 2.31. The van der Waals surface area contributed by atoms with E-state index in [-0.39, 0.29) is 36.6 Å². The van der Waals surface area contributed by atoms with Gasteiger partial charge in [-0.1, -0.05) is 36.4 Å². The van der Waals surface area contributed by atoms with Crippen LogP contribution in [0.1, 0.15) is 81.7 Å². The summed E-state index contributed by atoms with van der Waals surface area (Å²) < 4.78 is 31.3. The van der Waals surface area contributed by atoms with Crippen molar-refractivity contribution in [3.05, 3.63) is 70.5 Å². The fourth-order valence-electron chi connectivity index (χ4n) is 5.16. The number of carbonyl (C=O) groups is 1. The number of allylic oxidation sites excluding steroid dienone is 1. The minimum atomic E-state index is -0.642. The van der Waals surface area contributed by atoms with Gasteiger partial charge in [-0.3, -0.25) is 9.69 Å². The molecule has 40 heavy (non-hydrogen) atoms. The summed E-state index contributed by atoms with van der Waals surface area (Å²) in [6.07, 6.45) is 6.78. The summed E-state index contributed by atoms with van der Waals surface area (Å²) in [6, 6.07) is 11.6. The zero-order valence-electron chi connectivity index (χ0n) is 24.7. The number of halogens is 1. The predicted molar refractivity (Wildman–Crippen MR) is 157 cm³/mol. The maximum atomic E-state index is 14.0. The summed E-state index contributed by atoms with van der Waals surface area (Å²) in [6.45, 7) is 11.5. The van der Waals surface area contributed by atoms with E-state index in [0.717, 1.165) is 48.2 Å². The van der Waals surface area contributed by atoms with Crippen LogP contribution in [0.4, 0.5) is 4.39 Å². The number of hydrogen-bond acceptors (Lipinski definition) is 6. The van der Waals surface area contributed by atoms with E-state index in [0.29, 0.717) is 31.6 Å². The van der Waals surface area contributed by atoms with Crippen molar-refractivity contribution in [3.63, 3.8) is 0 Å². The fourth-order valence-corrected chi connectivity index (χ4v) is 5.16. The lowest BCUT2D eigenvalue weighted by molar-refractivity contribution is -0.143. The van der Waals surface area contributed by atoms with E-state index in [2.05, 4.69) is 4.90 Å². The molecule has 220 valence electrons. The van der Waals surface area contributed by atoms with Crippen molar-refractivity contribution in [2.24, 2.45) is 0 Å². The molecule has 0 saturated carbocycles. The average Bonchev–Trinajstić information content (AvgIpc) is 3.33. The number of rotatable bonds is 15. The number of ether oxygens (including phenoxy) is 3. The molecule has 3 atom stereocenters. The van der Waals surface area contributed by atoms with Crippen LogP contribution in [0.25, 0.3) is 6.08 Å². The molecule has 1 N–H and O–H groups in total. The van der Waals surface area contributed by atoms with Gasteiger partial charge in [-0.15, -0.1) is 0 Å². The van der Waals surface area contributed by atoms with Gasteiger partial charge < -0.3 is 19.3 Å². The molecule has 0 aromatic heterocycles. The lowest BCUT2D eigenvalue weighted by Gasteiger charge is -2.28. The van der Waals surface area contributed by atoms with E-state index in [9.17, 15) is 14.3 Å². The lowest BCUT2D eigenvalue weighted by atomic mass is 10.0. The molecule has 6 nitrogen and oxygen atoms in total. The molecule has 1 aliphatic heterocycles. The minimum Gasteiger partial charge on any atom is -0.490 e. The summed E-state index contributed by atoms with van der Waals surface area (Å²) in [5, 5.41) is 10.9. The molecule has 2 aromatic rings. The van der Waals surface area contributed by atoms with Crippen LogP contribution in [0.2, 0.25) is 0 Å². The van der Waals surface area contributed by atoms with Gasteiger partial charge in [-0.2, -0.15) is 0 Å². The van der Waals surface area contributed by atoms with Crippen molar-refractivity contribution >= 4 is 12.0 Å². The fraction of sp³-hybridized carbons (Fsp3) is 0.545. The van der Waals surface area contributed by atoms with Gasteiger partial charge in [0.1, 0.15) is 11.6 Å². The van der Waals surface area contributed by atoms with Gasteiger partial charge in [-0.05, 0) is 95.7 Å². The number of esters is 1. The molecule has 0 bridgehead atoms. The average molecular weight is 556 g/mol. The molecule has 1 heterocycles. The van der Waals surface area contributed by atoms with Crippen LogP contribution in [0.5, 0.6) is 5.75 Å². The number of aryl methyl sites for hydroxylation is 1. The molecule has 1 saturated heterocycles. The predicted octanol–water partition coefficient (Wildman–Crippen LogP) is 6.42. The van der Waals surface area contributed by atoms with E-state index < -0.39 is 6.10 Å². The van der Waals surface area contributed by atoms with E-state index in [1.165, 1.54) is 0 Å². The van der Waals surface area contributed by atoms with Crippen LogP contribution in [0.15, 0.2) is 42.5 Å². The molecular weight excluding hydrogens is 509 g/mol. The molecule has 0 radical (unpaired) electrons. The lowest BCUT2D eigenvalue weighted by Crippen LogP contribution is -2.39. The maximum Gasteiger partial charge on any atom is 0.306 e. The number of aliphatic hydroxyl groups is 1. The third-order valence-electron chi connectivity index (χ3n) is 7.20. The highest BCUT2D eigenvalue weighted by molar-refractivity contribution is 5.70. The van der Waals surface area contributed by atoms with E-state index >= 15 is 0 Å². The van der Waals surface area contributed by atoms with Crippen molar-refractivity contribution in [1.29, 1.82) is 0 Å². The minimum absolute atomic E-state index is 0.00443. The Morgan fingerprint density at radius 3 is 2.75 bits per heavy atom. The second-order valence-electron chi connectivity index (χ2n) is 10.9. The molecule has 7 heteroatoms. The second kappa shape index (κ2) is 15.9. The third-order valence-corrected chi connectivity index (χ3v) is 7.20. The second-order valence-corrected chi connectivity index (χ2v) is 10.9. The Balaban J connectivity index is 1.60. The summed E-state index contributed by atoms with van der Waals surface area (Å²) >= 11 is 0. The van der Waals surface area contributed by atoms with Crippen molar-refractivity contribution in [3.8, 4) is 5.75 Å². The topological polar surface area (TPSA) is 68.2 Å². The maximum absolute atomic E-state index is 14.0. The van der Waals surface area contributed by atoms with Gasteiger partial charge in [0.15, 0.2) is 0 Å². The largest absolute Gasteiger partial charge is 0.490 e.